The maximum absolute atomic E-state index is 12.4. The first-order chi connectivity index (χ1) is 11.6. The van der Waals surface area contributed by atoms with E-state index in [0.29, 0.717) is 17.0 Å². The van der Waals surface area contributed by atoms with Gasteiger partial charge in [-0.1, -0.05) is 66.1 Å². The summed E-state index contributed by atoms with van der Waals surface area (Å²) in [6.45, 7) is 0.396. The van der Waals surface area contributed by atoms with Crippen LogP contribution < -0.4 is 11.3 Å². The van der Waals surface area contributed by atoms with Crippen LogP contribution in [0.5, 0.6) is 0 Å². The summed E-state index contributed by atoms with van der Waals surface area (Å²) in [4.78, 5) is 24.4. The smallest absolute Gasteiger partial charge is 0.409 e. The number of halogens is 2. The van der Waals surface area contributed by atoms with Crippen molar-refractivity contribution in [2.75, 3.05) is 5.33 Å². The van der Waals surface area contributed by atoms with Crippen molar-refractivity contribution < 1.29 is 4.42 Å². The van der Waals surface area contributed by atoms with Gasteiger partial charge in [0.15, 0.2) is 0 Å². The molecule has 4 nitrogen and oxygen atoms in total. The Balaban J connectivity index is 1.85. The predicted octanol–water partition coefficient (Wildman–Crippen LogP) is 5.12. The molecule has 1 aromatic carbocycles. The van der Waals surface area contributed by atoms with Crippen LogP contribution in [-0.4, -0.2) is 9.90 Å². The fraction of sp³-hybridized carbons (Fsp3) is 0.556. The minimum atomic E-state index is -0.593. The molecule has 0 amide bonds. The summed E-state index contributed by atoms with van der Waals surface area (Å²) >= 11 is 9.36. The summed E-state index contributed by atoms with van der Waals surface area (Å²) in [6, 6.07) is 4.71. The van der Waals surface area contributed by atoms with Crippen LogP contribution in [0.4, 0.5) is 0 Å². The lowest BCUT2D eigenvalue weighted by molar-refractivity contribution is 0.439. The lowest BCUT2D eigenvalue weighted by atomic mass is 10.1. The molecule has 2 aromatic rings. The number of hydrogen-bond donors (Lipinski definition) is 0. The highest BCUT2D eigenvalue weighted by molar-refractivity contribution is 9.09. The third-order valence-electron chi connectivity index (χ3n) is 4.10. The van der Waals surface area contributed by atoms with Gasteiger partial charge in [0.05, 0.1) is 5.39 Å². The Labute approximate surface area is 154 Å². The molecular formula is C18H23BrClNO3. The lowest BCUT2D eigenvalue weighted by Crippen LogP contribution is -2.32. The van der Waals surface area contributed by atoms with E-state index in [4.69, 9.17) is 16.0 Å². The molecular weight excluding hydrogens is 394 g/mol. The van der Waals surface area contributed by atoms with Crippen LogP contribution in [0, 0.1) is 0 Å². The van der Waals surface area contributed by atoms with Gasteiger partial charge in [-0.25, -0.2) is 9.36 Å². The number of rotatable bonds is 10. The SMILES string of the molecule is O=c1oc2ccc(Cl)cc2c(=O)n1CCCCCCCCCCBr. The summed E-state index contributed by atoms with van der Waals surface area (Å²) in [7, 11) is 0. The van der Waals surface area contributed by atoms with Crippen LogP contribution >= 0.6 is 27.5 Å². The minimum absolute atomic E-state index is 0.286. The Hall–Kier alpha value is -1.07. The second-order valence-corrected chi connectivity index (χ2v) is 7.21. The van der Waals surface area contributed by atoms with Gasteiger partial charge in [0.2, 0.25) is 0 Å². The van der Waals surface area contributed by atoms with E-state index in [1.165, 1.54) is 36.7 Å². The highest BCUT2D eigenvalue weighted by Gasteiger charge is 2.09. The molecule has 0 atom stereocenters. The Morgan fingerprint density at radius 1 is 0.958 bits per heavy atom. The van der Waals surface area contributed by atoms with Gasteiger partial charge in [-0.05, 0) is 31.0 Å². The maximum Gasteiger partial charge on any atom is 0.422 e. The molecule has 0 unspecified atom stereocenters. The molecule has 0 aliphatic heterocycles. The lowest BCUT2D eigenvalue weighted by Gasteiger charge is -2.06. The number of fused-ring (bicyclic) bond motifs is 1. The van der Waals surface area contributed by atoms with Crippen molar-refractivity contribution >= 4 is 38.5 Å². The summed E-state index contributed by atoms with van der Waals surface area (Å²) < 4.78 is 6.38. The summed E-state index contributed by atoms with van der Waals surface area (Å²) in [5.41, 5.74) is -0.0346. The zero-order valence-electron chi connectivity index (χ0n) is 13.7. The standard InChI is InChI=1S/C18H23BrClNO3/c19-11-7-5-3-1-2-4-6-8-12-21-17(22)15-13-14(20)9-10-16(15)24-18(21)23/h9-10,13H,1-8,11-12H2. The Bertz CT molecular complexity index is 769. The van der Waals surface area contributed by atoms with E-state index in [2.05, 4.69) is 15.9 Å². The molecule has 0 aliphatic carbocycles. The number of aromatic nitrogens is 1. The molecule has 6 heteroatoms. The molecule has 0 aliphatic rings. The van der Waals surface area contributed by atoms with Crippen molar-refractivity contribution in [3.8, 4) is 0 Å². The molecule has 0 fully saturated rings. The monoisotopic (exact) mass is 415 g/mol. The van der Waals surface area contributed by atoms with Gasteiger partial charge in [-0.3, -0.25) is 4.79 Å². The number of alkyl halides is 1. The first-order valence-corrected chi connectivity index (χ1v) is 10.0. The van der Waals surface area contributed by atoms with Gasteiger partial charge in [0, 0.05) is 16.9 Å². The molecule has 2 rings (SSSR count). The molecule has 24 heavy (non-hydrogen) atoms. The first-order valence-electron chi connectivity index (χ1n) is 8.52. The van der Waals surface area contributed by atoms with E-state index in [9.17, 15) is 9.59 Å². The van der Waals surface area contributed by atoms with E-state index >= 15 is 0 Å². The molecule has 0 N–H and O–H groups in total. The van der Waals surface area contributed by atoms with Crippen LogP contribution in [0.2, 0.25) is 5.02 Å². The van der Waals surface area contributed by atoms with Crippen molar-refractivity contribution in [1.29, 1.82) is 0 Å². The molecule has 0 saturated carbocycles. The van der Waals surface area contributed by atoms with Gasteiger partial charge < -0.3 is 4.42 Å². The first kappa shape index (κ1) is 19.3. The second kappa shape index (κ2) is 10.0. The van der Waals surface area contributed by atoms with Gasteiger partial charge in [-0.2, -0.15) is 0 Å². The number of nitrogens with zero attached hydrogens (tertiary/aromatic N) is 1. The van der Waals surface area contributed by atoms with E-state index in [-0.39, 0.29) is 11.1 Å². The van der Waals surface area contributed by atoms with Crippen molar-refractivity contribution in [1.82, 2.24) is 4.57 Å². The van der Waals surface area contributed by atoms with Crippen molar-refractivity contribution in [3.63, 3.8) is 0 Å². The van der Waals surface area contributed by atoms with E-state index in [1.54, 1.807) is 18.2 Å². The third-order valence-corrected chi connectivity index (χ3v) is 4.90. The highest BCUT2D eigenvalue weighted by atomic mass is 79.9. The average Bonchev–Trinajstić information content (AvgIpc) is 2.56. The van der Waals surface area contributed by atoms with Gasteiger partial charge in [0.1, 0.15) is 5.58 Å². The number of benzene rings is 1. The van der Waals surface area contributed by atoms with Crippen LogP contribution in [0.3, 0.4) is 0 Å². The molecule has 1 aromatic heterocycles. The third kappa shape index (κ3) is 5.49. The van der Waals surface area contributed by atoms with E-state index in [0.717, 1.165) is 24.6 Å². The molecule has 0 radical (unpaired) electrons. The maximum atomic E-state index is 12.4. The molecule has 0 spiro atoms. The Kier molecular flexibility index (Phi) is 8.06. The van der Waals surface area contributed by atoms with Gasteiger partial charge >= 0.3 is 5.76 Å². The molecule has 1 heterocycles. The fourth-order valence-electron chi connectivity index (χ4n) is 2.75. The van der Waals surface area contributed by atoms with Crippen LogP contribution in [0.1, 0.15) is 51.4 Å². The topological polar surface area (TPSA) is 52.2 Å². The van der Waals surface area contributed by atoms with Gasteiger partial charge in [-0.15, -0.1) is 0 Å². The molecule has 0 saturated heterocycles. The second-order valence-electron chi connectivity index (χ2n) is 5.98. The fourth-order valence-corrected chi connectivity index (χ4v) is 3.32. The Morgan fingerprint density at radius 3 is 2.25 bits per heavy atom. The normalized spacial score (nSPS) is 11.2. The van der Waals surface area contributed by atoms with Crippen LogP contribution in [0.15, 0.2) is 32.2 Å². The minimum Gasteiger partial charge on any atom is -0.409 e. The molecule has 132 valence electrons. The van der Waals surface area contributed by atoms with E-state index < -0.39 is 5.76 Å². The largest absolute Gasteiger partial charge is 0.422 e. The van der Waals surface area contributed by atoms with Gasteiger partial charge in [0.25, 0.3) is 5.56 Å². The zero-order chi connectivity index (χ0) is 17.4. The average molecular weight is 417 g/mol. The zero-order valence-corrected chi connectivity index (χ0v) is 16.1. The predicted molar refractivity (Wildman–Crippen MR) is 102 cm³/mol. The summed E-state index contributed by atoms with van der Waals surface area (Å²) in [5, 5.41) is 1.90. The molecule has 0 bridgehead atoms. The quantitative estimate of drug-likeness (QED) is 0.399. The van der Waals surface area contributed by atoms with Crippen LogP contribution in [0.25, 0.3) is 11.0 Å². The van der Waals surface area contributed by atoms with Crippen molar-refractivity contribution in [2.45, 2.75) is 57.9 Å². The number of unbranched alkanes of at least 4 members (excludes halogenated alkanes) is 7. The Morgan fingerprint density at radius 2 is 1.58 bits per heavy atom. The van der Waals surface area contributed by atoms with Crippen molar-refractivity contribution in [3.05, 3.63) is 44.1 Å². The number of hydrogen-bond acceptors (Lipinski definition) is 3. The van der Waals surface area contributed by atoms with Crippen LogP contribution in [-0.2, 0) is 6.54 Å². The van der Waals surface area contributed by atoms with Crippen molar-refractivity contribution in [2.24, 2.45) is 0 Å². The van der Waals surface area contributed by atoms with E-state index in [1.807, 2.05) is 0 Å². The summed E-state index contributed by atoms with van der Waals surface area (Å²) in [5.74, 6) is -0.593. The summed E-state index contributed by atoms with van der Waals surface area (Å²) in [6.07, 6.45) is 9.21. The highest BCUT2D eigenvalue weighted by Crippen LogP contribution is 2.15.